The Morgan fingerprint density at radius 1 is 0.372 bits per heavy atom. The Hall–Kier alpha value is -1.38. The van der Waals surface area contributed by atoms with Gasteiger partial charge in [-0.3, -0.25) is 9.59 Å². The van der Waals surface area contributed by atoms with Crippen LogP contribution in [0.4, 0.5) is 0 Å². The lowest BCUT2D eigenvalue weighted by atomic mass is 10.0. The first-order valence-electron chi connectivity index (χ1n) is 19.2. The van der Waals surface area contributed by atoms with Crippen molar-refractivity contribution in [2.45, 2.75) is 219 Å². The molecule has 0 spiro atoms. The van der Waals surface area contributed by atoms with E-state index >= 15 is 0 Å². The van der Waals surface area contributed by atoms with Crippen LogP contribution in [0.3, 0.4) is 0 Å². The van der Waals surface area contributed by atoms with Crippen LogP contribution in [-0.4, -0.2) is 11.9 Å². The van der Waals surface area contributed by atoms with Crippen LogP contribution in [0.2, 0.25) is 0 Å². The van der Waals surface area contributed by atoms with Crippen molar-refractivity contribution >= 4 is 11.9 Å². The summed E-state index contributed by atoms with van der Waals surface area (Å²) in [6.45, 7) is 4.53. The van der Waals surface area contributed by atoms with Crippen LogP contribution < -0.4 is 0 Å². The molecule has 0 amide bonds. The van der Waals surface area contributed by atoms with Crippen molar-refractivity contribution in [3.8, 4) is 0 Å². The highest BCUT2D eigenvalue weighted by Gasteiger charge is 2.09. The van der Waals surface area contributed by atoms with E-state index in [1.165, 1.54) is 148 Å². The Bertz CT molecular complexity index is 636. The number of unbranched alkanes of at least 4 members (excludes halogenated alkanes) is 26. The van der Waals surface area contributed by atoms with Crippen molar-refractivity contribution in [2.75, 3.05) is 0 Å². The summed E-state index contributed by atoms with van der Waals surface area (Å²) in [6, 6.07) is 0. The molecular formula is C40H74O3. The van der Waals surface area contributed by atoms with Gasteiger partial charge >= 0.3 is 11.9 Å². The third kappa shape index (κ3) is 36.7. The average Bonchev–Trinajstić information content (AvgIpc) is 3.00. The summed E-state index contributed by atoms with van der Waals surface area (Å²) in [5.74, 6) is -0.673. The van der Waals surface area contributed by atoms with Crippen molar-refractivity contribution in [3.63, 3.8) is 0 Å². The second-order valence-electron chi connectivity index (χ2n) is 12.9. The standard InChI is InChI=1S/C40H74O3/c1-3-5-7-9-11-13-15-17-19-20-21-22-24-26-28-30-32-34-36-38-40(42)43-39(41)37-35-33-31-29-27-25-23-18-16-14-12-10-8-6-4-2/h12,14,18,23H,3-11,13,15-17,19-22,24-38H2,1-2H3/b14-12-,23-18-. The monoisotopic (exact) mass is 603 g/mol. The zero-order valence-corrected chi connectivity index (χ0v) is 29.2. The summed E-state index contributed by atoms with van der Waals surface area (Å²) in [6.07, 6.45) is 48.1. The summed E-state index contributed by atoms with van der Waals surface area (Å²) >= 11 is 0. The normalized spacial score (nSPS) is 11.7. The van der Waals surface area contributed by atoms with E-state index in [1.807, 2.05) is 0 Å². The Kier molecular flexibility index (Phi) is 35.6. The lowest BCUT2D eigenvalue weighted by Crippen LogP contribution is -2.11. The summed E-state index contributed by atoms with van der Waals surface area (Å²) in [4.78, 5) is 23.9. The van der Waals surface area contributed by atoms with Gasteiger partial charge in [0.2, 0.25) is 0 Å². The summed E-state index contributed by atoms with van der Waals surface area (Å²) in [5, 5.41) is 0. The van der Waals surface area contributed by atoms with Crippen molar-refractivity contribution in [3.05, 3.63) is 24.3 Å². The van der Waals surface area contributed by atoms with Gasteiger partial charge in [0, 0.05) is 12.8 Å². The van der Waals surface area contributed by atoms with Crippen LogP contribution in [0, 0.1) is 0 Å². The van der Waals surface area contributed by atoms with Gasteiger partial charge in [0.25, 0.3) is 0 Å². The molecule has 0 heterocycles. The number of carbonyl (C=O) groups is 2. The SMILES string of the molecule is CCCCC/C=C\C/C=C\CCCCCCCC(=O)OC(=O)CCCCCCCCCCCCCCCCCCCCC. The number of allylic oxidation sites excluding steroid dienone is 4. The first-order chi connectivity index (χ1) is 21.2. The second-order valence-corrected chi connectivity index (χ2v) is 12.9. The van der Waals surface area contributed by atoms with Crippen LogP contribution in [0.1, 0.15) is 219 Å². The molecule has 43 heavy (non-hydrogen) atoms. The van der Waals surface area contributed by atoms with Gasteiger partial charge in [0.1, 0.15) is 0 Å². The van der Waals surface area contributed by atoms with Crippen LogP contribution in [0.5, 0.6) is 0 Å². The lowest BCUT2D eigenvalue weighted by molar-refractivity contribution is -0.159. The number of esters is 2. The molecule has 0 radical (unpaired) electrons. The highest BCUT2D eigenvalue weighted by Crippen LogP contribution is 2.15. The fraction of sp³-hybridized carbons (Fsp3) is 0.850. The minimum absolute atomic E-state index is 0.334. The van der Waals surface area contributed by atoms with Gasteiger partial charge in [-0.1, -0.05) is 186 Å². The Balaban J connectivity index is 3.32. The van der Waals surface area contributed by atoms with Crippen LogP contribution >= 0.6 is 0 Å². The van der Waals surface area contributed by atoms with Crippen molar-refractivity contribution < 1.29 is 14.3 Å². The number of rotatable bonds is 34. The van der Waals surface area contributed by atoms with E-state index in [0.717, 1.165) is 44.9 Å². The van der Waals surface area contributed by atoms with Crippen LogP contribution in [0.15, 0.2) is 24.3 Å². The molecule has 0 aromatic carbocycles. The summed E-state index contributed by atoms with van der Waals surface area (Å²) < 4.78 is 5.01. The molecule has 3 heteroatoms. The van der Waals surface area contributed by atoms with E-state index in [9.17, 15) is 9.59 Å². The van der Waals surface area contributed by atoms with Crippen LogP contribution in [0.25, 0.3) is 0 Å². The van der Waals surface area contributed by atoms with Gasteiger partial charge in [-0.05, 0) is 44.9 Å². The highest BCUT2D eigenvalue weighted by molar-refractivity contribution is 5.85. The van der Waals surface area contributed by atoms with E-state index in [4.69, 9.17) is 4.74 Å². The fourth-order valence-electron chi connectivity index (χ4n) is 5.66. The van der Waals surface area contributed by atoms with Crippen molar-refractivity contribution in [1.82, 2.24) is 0 Å². The maximum absolute atomic E-state index is 11.9. The largest absolute Gasteiger partial charge is 0.393 e. The zero-order chi connectivity index (χ0) is 31.3. The third-order valence-electron chi connectivity index (χ3n) is 8.54. The number of hydrogen-bond acceptors (Lipinski definition) is 3. The average molecular weight is 603 g/mol. The molecule has 0 fully saturated rings. The predicted octanol–water partition coefficient (Wildman–Crippen LogP) is 13.7. The van der Waals surface area contributed by atoms with E-state index in [0.29, 0.717) is 12.8 Å². The molecule has 0 unspecified atom stereocenters. The molecule has 0 aliphatic carbocycles. The van der Waals surface area contributed by atoms with Gasteiger partial charge in [-0.15, -0.1) is 0 Å². The predicted molar refractivity (Wildman–Crippen MR) is 188 cm³/mol. The van der Waals surface area contributed by atoms with E-state index in [2.05, 4.69) is 38.2 Å². The second kappa shape index (κ2) is 36.8. The Labute approximate surface area is 269 Å². The molecule has 0 atom stereocenters. The smallest absolute Gasteiger partial charge is 0.313 e. The molecule has 0 aliphatic heterocycles. The van der Waals surface area contributed by atoms with E-state index in [-0.39, 0.29) is 11.9 Å². The van der Waals surface area contributed by atoms with Gasteiger partial charge in [-0.25, -0.2) is 0 Å². The number of ether oxygens (including phenoxy) is 1. The maximum atomic E-state index is 11.9. The molecule has 0 saturated heterocycles. The molecule has 0 aromatic rings. The molecule has 0 bridgehead atoms. The molecule has 0 saturated carbocycles. The Morgan fingerprint density at radius 2 is 0.651 bits per heavy atom. The molecule has 252 valence electrons. The highest BCUT2D eigenvalue weighted by atomic mass is 16.6. The zero-order valence-electron chi connectivity index (χ0n) is 29.2. The third-order valence-corrected chi connectivity index (χ3v) is 8.54. The lowest BCUT2D eigenvalue weighted by Gasteiger charge is -2.05. The van der Waals surface area contributed by atoms with Gasteiger partial charge < -0.3 is 4.74 Å². The summed E-state index contributed by atoms with van der Waals surface area (Å²) in [5.41, 5.74) is 0. The van der Waals surface area contributed by atoms with Gasteiger partial charge in [0.05, 0.1) is 0 Å². The molecule has 0 rings (SSSR count). The first kappa shape index (κ1) is 41.6. The molecule has 0 aromatic heterocycles. The van der Waals surface area contributed by atoms with Crippen molar-refractivity contribution in [2.24, 2.45) is 0 Å². The van der Waals surface area contributed by atoms with Crippen LogP contribution in [-0.2, 0) is 14.3 Å². The topological polar surface area (TPSA) is 43.4 Å². The Morgan fingerprint density at radius 3 is 1.02 bits per heavy atom. The van der Waals surface area contributed by atoms with Gasteiger partial charge in [0.15, 0.2) is 0 Å². The molecular weight excluding hydrogens is 528 g/mol. The van der Waals surface area contributed by atoms with Gasteiger partial charge in [-0.2, -0.15) is 0 Å². The molecule has 0 aliphatic rings. The maximum Gasteiger partial charge on any atom is 0.313 e. The van der Waals surface area contributed by atoms with E-state index < -0.39 is 0 Å². The van der Waals surface area contributed by atoms with E-state index in [1.54, 1.807) is 0 Å². The minimum Gasteiger partial charge on any atom is -0.393 e. The number of hydrogen-bond donors (Lipinski definition) is 0. The fourth-order valence-corrected chi connectivity index (χ4v) is 5.66. The quantitative estimate of drug-likeness (QED) is 0.0318. The first-order valence-corrected chi connectivity index (χ1v) is 19.2. The molecule has 3 nitrogen and oxygen atoms in total. The number of carbonyl (C=O) groups excluding carboxylic acids is 2. The minimum atomic E-state index is -0.339. The molecule has 0 N–H and O–H groups in total. The van der Waals surface area contributed by atoms with Crippen molar-refractivity contribution in [1.29, 1.82) is 0 Å². The summed E-state index contributed by atoms with van der Waals surface area (Å²) in [7, 11) is 0.